The molecule has 0 aliphatic rings. The van der Waals surface area contributed by atoms with Crippen LogP contribution in [0.25, 0.3) is 0 Å². The lowest BCUT2D eigenvalue weighted by Crippen LogP contribution is -2.29. The van der Waals surface area contributed by atoms with Gasteiger partial charge in [-0.3, -0.25) is 13.8 Å². The van der Waals surface area contributed by atoms with E-state index in [2.05, 4.69) is 13.8 Å². The predicted molar refractivity (Wildman–Crippen MR) is 201 cm³/mol. The Morgan fingerprint density at radius 1 is 0.653 bits per heavy atom. The smallest absolute Gasteiger partial charge is 0.462 e. The fourth-order valence-electron chi connectivity index (χ4n) is 5.48. The van der Waals surface area contributed by atoms with Gasteiger partial charge in [0.15, 0.2) is 6.10 Å². The van der Waals surface area contributed by atoms with E-state index in [4.69, 9.17) is 24.3 Å². The zero-order chi connectivity index (χ0) is 36.1. The topological polar surface area (TPSA) is 134 Å². The number of rotatable bonds is 37. The van der Waals surface area contributed by atoms with Crippen LogP contribution in [0.2, 0.25) is 0 Å². The van der Waals surface area contributed by atoms with Gasteiger partial charge >= 0.3 is 19.8 Å². The van der Waals surface area contributed by atoms with Crippen LogP contribution in [0.15, 0.2) is 24.3 Å². The van der Waals surface area contributed by atoms with E-state index in [0.717, 1.165) is 32.1 Å². The summed E-state index contributed by atoms with van der Waals surface area (Å²) in [6.45, 7) is 3.60. The van der Waals surface area contributed by atoms with E-state index >= 15 is 0 Å². The van der Waals surface area contributed by atoms with Crippen LogP contribution in [0.3, 0.4) is 0 Å². The molecule has 10 heteroatoms. The van der Waals surface area contributed by atoms with Crippen LogP contribution in [0.1, 0.15) is 181 Å². The summed E-state index contributed by atoms with van der Waals surface area (Å²) in [6, 6.07) is 0. The summed E-state index contributed by atoms with van der Waals surface area (Å²) in [5.41, 5.74) is 5.32. The van der Waals surface area contributed by atoms with E-state index in [1.54, 1.807) is 12.2 Å². The Hall–Kier alpha value is -1.51. The Balaban J connectivity index is 4.28. The highest BCUT2D eigenvalue weighted by molar-refractivity contribution is 7.47. The summed E-state index contributed by atoms with van der Waals surface area (Å²) in [5, 5.41) is 0. The predicted octanol–water partition coefficient (Wildman–Crippen LogP) is 10.8. The summed E-state index contributed by atoms with van der Waals surface area (Å²) in [6.07, 6.45) is 37.0. The van der Waals surface area contributed by atoms with Crippen LogP contribution < -0.4 is 5.73 Å². The van der Waals surface area contributed by atoms with E-state index in [0.29, 0.717) is 0 Å². The first-order valence-electron chi connectivity index (χ1n) is 19.9. The molecule has 0 saturated heterocycles. The van der Waals surface area contributed by atoms with E-state index in [-0.39, 0.29) is 26.2 Å². The van der Waals surface area contributed by atoms with Crippen molar-refractivity contribution in [1.82, 2.24) is 0 Å². The van der Waals surface area contributed by atoms with Gasteiger partial charge in [0.1, 0.15) is 6.61 Å². The molecular weight excluding hydrogens is 641 g/mol. The van der Waals surface area contributed by atoms with Crippen molar-refractivity contribution < 1.29 is 37.6 Å². The Labute approximate surface area is 300 Å². The quantitative estimate of drug-likeness (QED) is 0.0212. The number of hydrogen-bond acceptors (Lipinski definition) is 8. The van der Waals surface area contributed by atoms with E-state index in [9.17, 15) is 19.0 Å². The number of esters is 2. The summed E-state index contributed by atoms with van der Waals surface area (Å²) in [5.74, 6) is -1.08. The molecule has 0 aromatic rings. The van der Waals surface area contributed by atoms with Crippen molar-refractivity contribution in [1.29, 1.82) is 0 Å². The fraction of sp³-hybridized carbons (Fsp3) is 0.846. The van der Waals surface area contributed by atoms with Gasteiger partial charge in [0, 0.05) is 19.0 Å². The summed E-state index contributed by atoms with van der Waals surface area (Å²) >= 11 is 0. The molecule has 0 aromatic heterocycles. The number of phosphoric acid groups is 1. The molecule has 0 heterocycles. The summed E-state index contributed by atoms with van der Waals surface area (Å²) in [7, 11) is -4.39. The summed E-state index contributed by atoms with van der Waals surface area (Å²) in [4.78, 5) is 34.6. The Morgan fingerprint density at radius 2 is 1.12 bits per heavy atom. The number of allylic oxidation sites excluding steroid dienone is 3. The fourth-order valence-corrected chi connectivity index (χ4v) is 6.25. The van der Waals surface area contributed by atoms with Crippen LogP contribution in [-0.2, 0) is 32.7 Å². The Morgan fingerprint density at radius 3 is 1.61 bits per heavy atom. The normalized spacial score (nSPS) is 13.6. The molecule has 0 rings (SSSR count). The molecule has 0 aliphatic carbocycles. The van der Waals surface area contributed by atoms with Crippen LogP contribution >= 0.6 is 7.82 Å². The van der Waals surface area contributed by atoms with Crippen LogP contribution in [0.4, 0.5) is 0 Å². The van der Waals surface area contributed by atoms with Crippen LogP contribution in [0, 0.1) is 0 Å². The maximum absolute atomic E-state index is 12.4. The first kappa shape index (κ1) is 47.5. The molecule has 3 N–H and O–H groups in total. The largest absolute Gasteiger partial charge is 0.472 e. The van der Waals surface area contributed by atoms with E-state index in [1.165, 1.54) is 134 Å². The number of nitrogens with two attached hydrogens (primary N) is 1. The highest BCUT2D eigenvalue weighted by atomic mass is 31.2. The van der Waals surface area contributed by atoms with Crippen molar-refractivity contribution in [2.24, 2.45) is 5.73 Å². The highest BCUT2D eigenvalue weighted by Crippen LogP contribution is 2.43. The molecule has 1 unspecified atom stereocenters. The van der Waals surface area contributed by atoms with Gasteiger partial charge in [-0.15, -0.1) is 0 Å². The zero-order valence-electron chi connectivity index (χ0n) is 31.4. The monoisotopic (exact) mass is 716 g/mol. The van der Waals surface area contributed by atoms with Crippen LogP contribution in [-0.4, -0.2) is 49.3 Å². The minimum atomic E-state index is -4.39. The second-order valence-electron chi connectivity index (χ2n) is 13.2. The molecule has 9 nitrogen and oxygen atoms in total. The van der Waals surface area contributed by atoms with Gasteiger partial charge in [-0.2, -0.15) is 0 Å². The molecule has 0 amide bonds. The average Bonchev–Trinajstić information content (AvgIpc) is 3.08. The first-order valence-corrected chi connectivity index (χ1v) is 21.4. The maximum Gasteiger partial charge on any atom is 0.472 e. The van der Waals surface area contributed by atoms with Crippen molar-refractivity contribution in [2.45, 2.75) is 187 Å². The molecule has 0 fully saturated rings. The number of carbonyl (C=O) groups is 2. The Kier molecular flexibility index (Phi) is 35.2. The van der Waals surface area contributed by atoms with Crippen molar-refractivity contribution >= 4 is 19.8 Å². The van der Waals surface area contributed by atoms with Crippen molar-refractivity contribution in [2.75, 3.05) is 26.4 Å². The minimum Gasteiger partial charge on any atom is -0.462 e. The third-order valence-electron chi connectivity index (χ3n) is 8.45. The molecule has 0 bridgehead atoms. The second-order valence-corrected chi connectivity index (χ2v) is 14.7. The van der Waals surface area contributed by atoms with Crippen molar-refractivity contribution in [3.63, 3.8) is 0 Å². The first-order chi connectivity index (χ1) is 23.8. The molecule has 2 atom stereocenters. The maximum atomic E-state index is 12.4. The third kappa shape index (κ3) is 36.1. The van der Waals surface area contributed by atoms with Gasteiger partial charge in [0.25, 0.3) is 0 Å². The molecule has 0 aliphatic heterocycles. The lowest BCUT2D eigenvalue weighted by molar-refractivity contribution is -0.157. The third-order valence-corrected chi connectivity index (χ3v) is 9.43. The average molecular weight is 716 g/mol. The number of ether oxygens (including phenoxy) is 2. The molecular formula is C39H74NO8P. The molecule has 0 spiro atoms. The Bertz CT molecular complexity index is 866. The van der Waals surface area contributed by atoms with Crippen molar-refractivity contribution in [3.05, 3.63) is 24.3 Å². The van der Waals surface area contributed by atoms with Gasteiger partial charge < -0.3 is 20.1 Å². The zero-order valence-corrected chi connectivity index (χ0v) is 32.3. The van der Waals surface area contributed by atoms with Gasteiger partial charge in [-0.25, -0.2) is 9.36 Å². The van der Waals surface area contributed by atoms with Crippen LogP contribution in [0.5, 0.6) is 0 Å². The molecule has 0 saturated carbocycles. The van der Waals surface area contributed by atoms with Gasteiger partial charge in [0.05, 0.1) is 13.2 Å². The number of unbranched alkanes of at least 4 members (excludes halogenated alkanes) is 23. The lowest BCUT2D eigenvalue weighted by Gasteiger charge is -2.19. The number of carbonyl (C=O) groups excluding carboxylic acids is 2. The van der Waals surface area contributed by atoms with Gasteiger partial charge in [-0.1, -0.05) is 173 Å². The summed E-state index contributed by atoms with van der Waals surface area (Å²) < 4.78 is 32.5. The number of hydrogen-bond donors (Lipinski definition) is 2. The van der Waals surface area contributed by atoms with Crippen molar-refractivity contribution in [3.8, 4) is 0 Å². The molecule has 0 aromatic carbocycles. The lowest BCUT2D eigenvalue weighted by atomic mass is 10.0. The number of phosphoric ester groups is 1. The highest BCUT2D eigenvalue weighted by Gasteiger charge is 2.25. The van der Waals surface area contributed by atoms with Gasteiger partial charge in [-0.05, 0) is 19.3 Å². The minimum absolute atomic E-state index is 0.0423. The van der Waals surface area contributed by atoms with E-state index in [1.807, 2.05) is 6.08 Å². The molecule has 49 heavy (non-hydrogen) atoms. The second kappa shape index (κ2) is 36.3. The van der Waals surface area contributed by atoms with Gasteiger partial charge in [0.2, 0.25) is 0 Å². The standard InChI is InChI=1S/C39H74NO8P/c1-3-5-7-9-11-13-15-17-18-20-21-23-25-27-29-31-38(41)45-35-37(36-47-49(43,44)46-34-33-40)48-39(42)32-30-28-26-24-22-19-16-14-12-10-8-6-4-2/h26,28,30,32,37H,3-25,27,29,31,33-36,40H2,1-2H3,(H,43,44)/t37-/m1/s1. The molecule has 0 radical (unpaired) electrons. The van der Waals surface area contributed by atoms with E-state index < -0.39 is 32.5 Å². The SMILES string of the molecule is CCCCCCCCCCCC=CC=CC(=O)O[C@H](COC(=O)CCCCCCCCCCCCCCCCC)COP(=O)(O)OCCN. The molecule has 288 valence electrons.